The van der Waals surface area contributed by atoms with Crippen molar-refractivity contribution in [3.63, 3.8) is 0 Å². The number of hydrogen-bond donors (Lipinski definition) is 1. The molecule has 90 valence electrons. The maximum absolute atomic E-state index is 6.01. The fraction of sp³-hybridized carbons (Fsp3) is 0.769. The molecule has 1 aromatic rings. The van der Waals surface area contributed by atoms with E-state index in [9.17, 15) is 0 Å². The van der Waals surface area contributed by atoms with E-state index in [1.54, 1.807) is 0 Å². The Morgan fingerprint density at radius 2 is 2.12 bits per heavy atom. The van der Waals surface area contributed by atoms with Gasteiger partial charge in [-0.3, -0.25) is 4.68 Å². The zero-order chi connectivity index (χ0) is 11.9. The molecule has 0 amide bonds. The monoisotopic (exact) mass is 221 g/mol. The van der Waals surface area contributed by atoms with Crippen molar-refractivity contribution in [2.24, 2.45) is 11.7 Å². The summed E-state index contributed by atoms with van der Waals surface area (Å²) in [7, 11) is 0. The molecule has 1 aromatic heterocycles. The minimum absolute atomic E-state index is 0.0716. The average Bonchev–Trinajstić information content (AvgIpc) is 2.80. The number of aromatic nitrogens is 2. The number of hydrogen-bond acceptors (Lipinski definition) is 2. The van der Waals surface area contributed by atoms with Crippen molar-refractivity contribution in [3.05, 3.63) is 17.5 Å². The van der Waals surface area contributed by atoms with Gasteiger partial charge in [0.25, 0.3) is 0 Å². The predicted octanol–water partition coefficient (Wildman–Crippen LogP) is 2.61. The van der Waals surface area contributed by atoms with Gasteiger partial charge >= 0.3 is 0 Å². The molecule has 1 heterocycles. The van der Waals surface area contributed by atoms with Gasteiger partial charge in [-0.05, 0) is 31.7 Å². The summed E-state index contributed by atoms with van der Waals surface area (Å²) in [6.07, 6.45) is 2.70. The first kappa shape index (κ1) is 11.6. The molecule has 3 nitrogen and oxygen atoms in total. The van der Waals surface area contributed by atoms with Crippen molar-refractivity contribution in [2.75, 3.05) is 0 Å². The molecule has 1 aliphatic rings. The summed E-state index contributed by atoms with van der Waals surface area (Å²) in [5.41, 5.74) is 8.45. The molecule has 16 heavy (non-hydrogen) atoms. The lowest BCUT2D eigenvalue weighted by atomic mass is 9.92. The van der Waals surface area contributed by atoms with Crippen LogP contribution in [0.2, 0.25) is 0 Å². The Morgan fingerprint density at radius 1 is 1.50 bits per heavy atom. The van der Waals surface area contributed by atoms with Gasteiger partial charge in [-0.15, -0.1) is 0 Å². The van der Waals surface area contributed by atoms with E-state index in [4.69, 9.17) is 10.8 Å². The van der Waals surface area contributed by atoms with E-state index >= 15 is 0 Å². The molecule has 0 saturated heterocycles. The number of rotatable bonds is 3. The summed E-state index contributed by atoms with van der Waals surface area (Å²) in [5.74, 6) is 0.838. The van der Waals surface area contributed by atoms with Gasteiger partial charge in [0.1, 0.15) is 0 Å². The van der Waals surface area contributed by atoms with E-state index in [2.05, 4.69) is 31.5 Å². The summed E-state index contributed by atoms with van der Waals surface area (Å²) >= 11 is 0. The zero-order valence-electron chi connectivity index (χ0n) is 10.8. The molecule has 0 spiro atoms. The molecule has 2 N–H and O–H groups in total. The molecule has 1 aliphatic carbocycles. The third-order valence-corrected chi connectivity index (χ3v) is 3.17. The highest BCUT2D eigenvalue weighted by Crippen LogP contribution is 2.32. The average molecular weight is 221 g/mol. The predicted molar refractivity (Wildman–Crippen MR) is 66.3 cm³/mol. The molecular weight excluding hydrogens is 198 g/mol. The Hall–Kier alpha value is -0.830. The first-order valence-corrected chi connectivity index (χ1v) is 6.21. The Labute approximate surface area is 98.0 Å². The molecule has 0 bridgehead atoms. The molecule has 3 heteroatoms. The highest BCUT2D eigenvalue weighted by atomic mass is 15.3. The van der Waals surface area contributed by atoms with Gasteiger partial charge in [0.15, 0.2) is 0 Å². The third-order valence-electron chi connectivity index (χ3n) is 3.17. The van der Waals surface area contributed by atoms with Gasteiger partial charge in [0.05, 0.1) is 11.4 Å². The van der Waals surface area contributed by atoms with Crippen molar-refractivity contribution in [1.82, 2.24) is 9.78 Å². The zero-order valence-corrected chi connectivity index (χ0v) is 10.8. The van der Waals surface area contributed by atoms with Gasteiger partial charge in [0.2, 0.25) is 0 Å². The summed E-state index contributed by atoms with van der Waals surface area (Å²) in [6, 6.07) is 2.25. The molecule has 1 saturated carbocycles. The van der Waals surface area contributed by atoms with Gasteiger partial charge in [-0.1, -0.05) is 20.8 Å². The van der Waals surface area contributed by atoms with Crippen molar-refractivity contribution in [1.29, 1.82) is 0 Å². The first-order valence-electron chi connectivity index (χ1n) is 6.21. The van der Waals surface area contributed by atoms with Crippen LogP contribution >= 0.6 is 0 Å². The van der Waals surface area contributed by atoms with Crippen LogP contribution in [-0.2, 0) is 12.0 Å². The molecule has 0 radical (unpaired) electrons. The molecule has 0 aliphatic heterocycles. The van der Waals surface area contributed by atoms with E-state index in [1.807, 2.05) is 6.92 Å². The SMILES string of the molecule is CC(N)c1cc(C(C)(C)C)nn1CC1CC1. The Morgan fingerprint density at radius 3 is 2.56 bits per heavy atom. The van der Waals surface area contributed by atoms with Crippen LogP contribution in [0.1, 0.15) is 58.0 Å². The van der Waals surface area contributed by atoms with Crippen molar-refractivity contribution in [2.45, 2.75) is 58.5 Å². The molecule has 2 rings (SSSR count). The van der Waals surface area contributed by atoms with Crippen LogP contribution in [-0.4, -0.2) is 9.78 Å². The molecular formula is C13H23N3. The smallest absolute Gasteiger partial charge is 0.0681 e. The van der Waals surface area contributed by atoms with E-state index < -0.39 is 0 Å². The maximum Gasteiger partial charge on any atom is 0.0681 e. The Balaban J connectivity index is 2.29. The number of nitrogens with zero attached hydrogens (tertiary/aromatic N) is 2. The van der Waals surface area contributed by atoms with E-state index in [0.29, 0.717) is 0 Å². The van der Waals surface area contributed by atoms with Crippen LogP contribution in [0.25, 0.3) is 0 Å². The second-order valence-electron chi connectivity index (χ2n) is 6.12. The minimum Gasteiger partial charge on any atom is -0.323 e. The van der Waals surface area contributed by atoms with E-state index in [0.717, 1.165) is 18.2 Å². The van der Waals surface area contributed by atoms with Gasteiger partial charge < -0.3 is 5.73 Å². The summed E-state index contributed by atoms with van der Waals surface area (Å²) < 4.78 is 2.13. The highest BCUT2D eigenvalue weighted by molar-refractivity contribution is 5.19. The Kier molecular flexibility index (Phi) is 2.82. The van der Waals surface area contributed by atoms with Gasteiger partial charge in [-0.2, -0.15) is 5.10 Å². The molecule has 1 fully saturated rings. The molecule has 1 unspecified atom stereocenters. The van der Waals surface area contributed by atoms with Crippen molar-refractivity contribution < 1.29 is 0 Å². The van der Waals surface area contributed by atoms with E-state index in [1.165, 1.54) is 18.5 Å². The maximum atomic E-state index is 6.01. The third kappa shape index (κ3) is 2.46. The van der Waals surface area contributed by atoms with E-state index in [-0.39, 0.29) is 11.5 Å². The largest absolute Gasteiger partial charge is 0.323 e. The summed E-state index contributed by atoms with van der Waals surface area (Å²) in [4.78, 5) is 0. The van der Waals surface area contributed by atoms with Crippen molar-refractivity contribution >= 4 is 0 Å². The summed E-state index contributed by atoms with van der Waals surface area (Å²) in [6.45, 7) is 9.67. The lowest BCUT2D eigenvalue weighted by Gasteiger charge is -2.14. The fourth-order valence-electron chi connectivity index (χ4n) is 1.86. The van der Waals surface area contributed by atoms with Crippen molar-refractivity contribution in [3.8, 4) is 0 Å². The van der Waals surface area contributed by atoms with Crippen LogP contribution in [0, 0.1) is 5.92 Å². The molecule has 1 atom stereocenters. The lowest BCUT2D eigenvalue weighted by molar-refractivity contribution is 0.495. The normalized spacial score (nSPS) is 18.8. The van der Waals surface area contributed by atoms with Gasteiger partial charge in [-0.25, -0.2) is 0 Å². The first-order chi connectivity index (χ1) is 7.38. The highest BCUT2D eigenvalue weighted by Gasteiger charge is 2.26. The lowest BCUT2D eigenvalue weighted by Crippen LogP contribution is -2.15. The Bertz CT molecular complexity index is 367. The van der Waals surface area contributed by atoms with Crippen LogP contribution in [0.15, 0.2) is 6.07 Å². The minimum atomic E-state index is 0.0716. The number of nitrogens with two attached hydrogens (primary N) is 1. The quantitative estimate of drug-likeness (QED) is 0.852. The van der Waals surface area contributed by atoms with Crippen LogP contribution in [0.5, 0.6) is 0 Å². The molecule has 0 aromatic carbocycles. The van der Waals surface area contributed by atoms with Gasteiger partial charge in [0, 0.05) is 18.0 Å². The van der Waals surface area contributed by atoms with Crippen LogP contribution in [0.4, 0.5) is 0 Å². The standard InChI is InChI=1S/C13H23N3/c1-9(14)11-7-12(13(2,3)4)15-16(11)8-10-5-6-10/h7,9-10H,5-6,8,14H2,1-4H3. The van der Waals surface area contributed by atoms with Crippen LogP contribution in [0.3, 0.4) is 0 Å². The second kappa shape index (κ2) is 3.88. The van der Waals surface area contributed by atoms with Crippen LogP contribution < -0.4 is 5.73 Å². The topological polar surface area (TPSA) is 43.8 Å². The summed E-state index contributed by atoms with van der Waals surface area (Å²) in [5, 5.41) is 4.72. The fourth-order valence-corrected chi connectivity index (χ4v) is 1.86. The second-order valence-corrected chi connectivity index (χ2v) is 6.12.